The minimum absolute atomic E-state index is 0.163. The van der Waals surface area contributed by atoms with Gasteiger partial charge in [-0.1, -0.05) is 27.7 Å². The summed E-state index contributed by atoms with van der Waals surface area (Å²) in [6, 6.07) is 0. The summed E-state index contributed by atoms with van der Waals surface area (Å²) in [7, 11) is -2.96. The molecule has 0 aromatic heterocycles. The summed E-state index contributed by atoms with van der Waals surface area (Å²) in [6.45, 7) is 11.4. The van der Waals surface area contributed by atoms with Gasteiger partial charge in [-0.25, -0.2) is 8.42 Å². The van der Waals surface area contributed by atoms with Crippen molar-refractivity contribution in [3.05, 3.63) is 0 Å². The average molecular weight is 206 g/mol. The Morgan fingerprint density at radius 1 is 1.08 bits per heavy atom. The molecule has 0 saturated carbocycles. The van der Waals surface area contributed by atoms with Crippen molar-refractivity contribution in [1.29, 1.82) is 0 Å². The van der Waals surface area contributed by atoms with Gasteiger partial charge in [-0.15, -0.1) is 0 Å². The Morgan fingerprint density at radius 3 is 1.69 bits per heavy atom. The maximum absolute atomic E-state index is 11.9. The van der Waals surface area contributed by atoms with Crippen molar-refractivity contribution in [2.75, 3.05) is 5.75 Å². The van der Waals surface area contributed by atoms with E-state index >= 15 is 0 Å². The highest BCUT2D eigenvalue weighted by Gasteiger charge is 2.37. The number of rotatable bonds is 4. The molecule has 2 nitrogen and oxygen atoms in total. The van der Waals surface area contributed by atoms with Gasteiger partial charge in [-0.05, 0) is 25.7 Å². The molecule has 13 heavy (non-hydrogen) atoms. The minimum Gasteiger partial charge on any atom is -0.228 e. The first-order chi connectivity index (χ1) is 5.61. The maximum atomic E-state index is 11.9. The van der Waals surface area contributed by atoms with Crippen molar-refractivity contribution in [3.8, 4) is 0 Å². The summed E-state index contributed by atoms with van der Waals surface area (Å²) in [6.07, 6.45) is 0. The molecule has 0 rings (SSSR count). The van der Waals surface area contributed by atoms with Crippen LogP contribution in [0.1, 0.15) is 41.5 Å². The highest BCUT2D eigenvalue weighted by molar-refractivity contribution is 7.92. The van der Waals surface area contributed by atoms with Crippen LogP contribution in [0.3, 0.4) is 0 Å². The van der Waals surface area contributed by atoms with Crippen molar-refractivity contribution in [2.24, 2.45) is 11.8 Å². The van der Waals surface area contributed by atoms with Gasteiger partial charge in [-0.2, -0.15) is 0 Å². The lowest BCUT2D eigenvalue weighted by molar-refractivity contribution is 0.450. The molecule has 0 aliphatic heterocycles. The Bertz CT molecular complexity index is 248. The first-order valence-corrected chi connectivity index (χ1v) is 6.48. The highest BCUT2D eigenvalue weighted by atomic mass is 32.2. The van der Waals surface area contributed by atoms with Crippen molar-refractivity contribution >= 4 is 9.84 Å². The van der Waals surface area contributed by atoms with Gasteiger partial charge in [0, 0.05) is 0 Å². The van der Waals surface area contributed by atoms with Crippen LogP contribution in [0.4, 0.5) is 0 Å². The fourth-order valence-corrected chi connectivity index (χ4v) is 3.04. The maximum Gasteiger partial charge on any atom is 0.155 e. The SMILES string of the molecule is CC(C)CS(=O)(=O)C(C)(C)C(C)C. The predicted octanol–water partition coefficient (Wildman–Crippen LogP) is 2.49. The smallest absolute Gasteiger partial charge is 0.155 e. The lowest BCUT2D eigenvalue weighted by atomic mass is 10.00. The molecule has 0 amide bonds. The molecule has 0 spiro atoms. The molecule has 0 unspecified atom stereocenters. The molecule has 0 N–H and O–H groups in total. The summed E-state index contributed by atoms with van der Waals surface area (Å²) >= 11 is 0. The van der Waals surface area contributed by atoms with E-state index in [9.17, 15) is 8.42 Å². The van der Waals surface area contributed by atoms with Crippen LogP contribution < -0.4 is 0 Å². The Kier molecular flexibility index (Phi) is 3.97. The standard InChI is InChI=1S/C10H22O2S/c1-8(2)7-13(11,12)10(5,6)9(3)4/h8-9H,7H2,1-6H3. The normalized spacial score (nSPS) is 14.2. The summed E-state index contributed by atoms with van der Waals surface area (Å²) in [4.78, 5) is 0. The molecular formula is C10H22O2S. The minimum atomic E-state index is -2.96. The molecule has 3 heteroatoms. The van der Waals surface area contributed by atoms with Gasteiger partial charge in [0.1, 0.15) is 0 Å². The molecule has 0 saturated heterocycles. The van der Waals surface area contributed by atoms with Crippen molar-refractivity contribution in [1.82, 2.24) is 0 Å². The summed E-state index contributed by atoms with van der Waals surface area (Å²) < 4.78 is 23.2. The summed E-state index contributed by atoms with van der Waals surface area (Å²) in [5, 5.41) is 0. The van der Waals surface area contributed by atoms with E-state index < -0.39 is 14.6 Å². The van der Waals surface area contributed by atoms with Crippen LogP contribution in [0.15, 0.2) is 0 Å². The van der Waals surface area contributed by atoms with Gasteiger partial charge in [0.2, 0.25) is 0 Å². The third-order valence-electron chi connectivity index (χ3n) is 2.74. The molecule has 0 aromatic carbocycles. The van der Waals surface area contributed by atoms with E-state index in [1.165, 1.54) is 0 Å². The van der Waals surface area contributed by atoms with Crippen molar-refractivity contribution < 1.29 is 8.42 Å². The van der Waals surface area contributed by atoms with E-state index in [1.54, 1.807) is 0 Å². The van der Waals surface area contributed by atoms with E-state index in [1.807, 2.05) is 41.5 Å². The van der Waals surface area contributed by atoms with Crippen LogP contribution in [0, 0.1) is 11.8 Å². The zero-order chi connectivity index (χ0) is 10.9. The number of hydrogen-bond acceptors (Lipinski definition) is 2. The molecular weight excluding hydrogens is 184 g/mol. The number of hydrogen-bond donors (Lipinski definition) is 0. The van der Waals surface area contributed by atoms with Crippen LogP contribution >= 0.6 is 0 Å². The van der Waals surface area contributed by atoms with Crippen LogP contribution in [0.2, 0.25) is 0 Å². The third-order valence-corrected chi connectivity index (χ3v) is 5.92. The number of sulfone groups is 1. The van der Waals surface area contributed by atoms with E-state index in [-0.39, 0.29) is 17.6 Å². The second-order valence-corrected chi connectivity index (χ2v) is 7.55. The molecule has 0 heterocycles. The molecule has 0 radical (unpaired) electrons. The summed E-state index contributed by atoms with van der Waals surface area (Å²) in [5.74, 6) is 0.664. The first kappa shape index (κ1) is 12.9. The molecule has 0 bridgehead atoms. The highest BCUT2D eigenvalue weighted by Crippen LogP contribution is 2.27. The topological polar surface area (TPSA) is 34.1 Å². The van der Waals surface area contributed by atoms with Crippen molar-refractivity contribution in [2.45, 2.75) is 46.3 Å². The van der Waals surface area contributed by atoms with Crippen LogP contribution in [-0.4, -0.2) is 18.9 Å². The van der Waals surface area contributed by atoms with E-state index in [0.717, 1.165) is 0 Å². The predicted molar refractivity (Wildman–Crippen MR) is 57.5 cm³/mol. The molecule has 0 aliphatic carbocycles. The van der Waals surface area contributed by atoms with Gasteiger partial charge >= 0.3 is 0 Å². The van der Waals surface area contributed by atoms with Gasteiger partial charge in [0.05, 0.1) is 10.5 Å². The van der Waals surface area contributed by atoms with Gasteiger partial charge in [-0.3, -0.25) is 0 Å². The molecule has 0 atom stereocenters. The first-order valence-electron chi connectivity index (χ1n) is 4.83. The van der Waals surface area contributed by atoms with Crippen molar-refractivity contribution in [3.63, 3.8) is 0 Å². The van der Waals surface area contributed by atoms with Gasteiger partial charge in [0.15, 0.2) is 9.84 Å². The lowest BCUT2D eigenvalue weighted by Gasteiger charge is -2.29. The summed E-state index contributed by atoms with van der Waals surface area (Å²) in [5.41, 5.74) is 0. The largest absolute Gasteiger partial charge is 0.228 e. The van der Waals surface area contributed by atoms with E-state index in [0.29, 0.717) is 0 Å². The molecule has 0 aromatic rings. The Balaban J connectivity index is 4.84. The second kappa shape index (κ2) is 3.99. The second-order valence-electron chi connectivity index (χ2n) is 4.93. The fourth-order valence-electron chi connectivity index (χ4n) is 1.01. The van der Waals surface area contributed by atoms with E-state index in [4.69, 9.17) is 0 Å². The zero-order valence-corrected chi connectivity index (χ0v) is 10.4. The Hall–Kier alpha value is -0.0500. The molecule has 0 fully saturated rings. The monoisotopic (exact) mass is 206 g/mol. The quantitative estimate of drug-likeness (QED) is 0.708. The van der Waals surface area contributed by atoms with E-state index in [2.05, 4.69) is 0 Å². The van der Waals surface area contributed by atoms with Crippen LogP contribution in [-0.2, 0) is 9.84 Å². The third kappa shape index (κ3) is 2.97. The zero-order valence-electron chi connectivity index (χ0n) is 9.59. The fraction of sp³-hybridized carbons (Fsp3) is 1.00. The Labute approximate surface area is 82.6 Å². The Morgan fingerprint density at radius 2 is 1.46 bits per heavy atom. The molecule has 80 valence electrons. The van der Waals surface area contributed by atoms with Gasteiger partial charge in [0.25, 0.3) is 0 Å². The molecule has 0 aliphatic rings. The van der Waals surface area contributed by atoms with Crippen LogP contribution in [0.25, 0.3) is 0 Å². The lowest BCUT2D eigenvalue weighted by Crippen LogP contribution is -2.40. The van der Waals surface area contributed by atoms with Crippen LogP contribution in [0.5, 0.6) is 0 Å². The average Bonchev–Trinajstić information content (AvgIpc) is 1.83. The van der Waals surface area contributed by atoms with Gasteiger partial charge < -0.3 is 0 Å².